The number of carbonyl (C=O) groups is 1. The van der Waals surface area contributed by atoms with Crippen LogP contribution in [0.15, 0.2) is 90.6 Å². The van der Waals surface area contributed by atoms with Crippen molar-refractivity contribution in [1.29, 1.82) is 0 Å². The molecular formula is C26H19BrIN3O4S. The predicted octanol–water partition coefficient (Wildman–Crippen LogP) is 4.84. The Kier molecular flexibility index (Phi) is 7.00. The van der Waals surface area contributed by atoms with Crippen LogP contribution in [0.1, 0.15) is 24.3 Å². The zero-order chi connectivity index (χ0) is 25.4. The molecule has 0 saturated heterocycles. The molecule has 5 rings (SSSR count). The number of anilines is 1. The maximum absolute atomic E-state index is 13.7. The van der Waals surface area contributed by atoms with Crippen molar-refractivity contribution < 1.29 is 13.9 Å². The van der Waals surface area contributed by atoms with E-state index >= 15 is 0 Å². The first-order valence-electron chi connectivity index (χ1n) is 10.8. The summed E-state index contributed by atoms with van der Waals surface area (Å²) < 4.78 is 14.6. The summed E-state index contributed by atoms with van der Waals surface area (Å²) >= 11 is 6.77. The molecule has 0 fully saturated rings. The van der Waals surface area contributed by atoms with Crippen LogP contribution in [0.3, 0.4) is 0 Å². The fourth-order valence-electron chi connectivity index (χ4n) is 4.00. The summed E-state index contributed by atoms with van der Waals surface area (Å²) in [6.45, 7) is 1.79. The van der Waals surface area contributed by atoms with Gasteiger partial charge >= 0.3 is 0 Å². The maximum atomic E-state index is 13.7. The summed E-state index contributed by atoms with van der Waals surface area (Å²) in [7, 11) is 1.59. The van der Waals surface area contributed by atoms with Gasteiger partial charge in [0.2, 0.25) is 0 Å². The number of benzene rings is 2. The smallest absolute Gasteiger partial charge is 0.271 e. The van der Waals surface area contributed by atoms with E-state index in [0.717, 1.165) is 10.0 Å². The second-order valence-corrected chi connectivity index (χ2v) is 10.8. The Morgan fingerprint density at radius 2 is 1.94 bits per heavy atom. The number of halogens is 2. The van der Waals surface area contributed by atoms with E-state index in [1.165, 1.54) is 11.3 Å². The molecule has 0 saturated carbocycles. The maximum Gasteiger partial charge on any atom is 0.271 e. The van der Waals surface area contributed by atoms with E-state index in [9.17, 15) is 9.59 Å². The molecule has 36 heavy (non-hydrogen) atoms. The number of nitrogens with zero attached hydrogens (tertiary/aromatic N) is 2. The Balaban J connectivity index is 1.67. The molecular weight excluding hydrogens is 657 g/mol. The van der Waals surface area contributed by atoms with Crippen LogP contribution >= 0.6 is 49.9 Å². The van der Waals surface area contributed by atoms with Crippen LogP contribution in [0.25, 0.3) is 6.08 Å². The molecule has 0 unspecified atom stereocenters. The number of carbonyl (C=O) groups excluding carboxylic acids is 1. The van der Waals surface area contributed by atoms with Crippen LogP contribution in [-0.2, 0) is 4.79 Å². The van der Waals surface area contributed by atoms with Crippen LogP contribution in [0.5, 0.6) is 5.75 Å². The molecule has 182 valence electrons. The van der Waals surface area contributed by atoms with E-state index < -0.39 is 6.04 Å². The Labute approximate surface area is 232 Å². The van der Waals surface area contributed by atoms with Gasteiger partial charge in [0.25, 0.3) is 11.5 Å². The van der Waals surface area contributed by atoms with Crippen molar-refractivity contribution in [1.82, 2.24) is 4.57 Å². The number of para-hydroxylation sites is 1. The highest BCUT2D eigenvalue weighted by Gasteiger charge is 2.32. The SMILES string of the molecule is COc1ccc([C@H]2C(C(=O)Nc3ccccc3)=C(C)N=c3s/c(=C/c4cc(Br)c(I)o4)c(=O)n32)cc1. The number of methoxy groups -OCH3 is 1. The summed E-state index contributed by atoms with van der Waals surface area (Å²) in [5.41, 5.74) is 2.13. The number of fused-ring (bicyclic) bond motifs is 1. The summed E-state index contributed by atoms with van der Waals surface area (Å²) in [5.74, 6) is 0.914. The molecule has 2 aromatic heterocycles. The average Bonchev–Trinajstić information content (AvgIpc) is 3.35. The molecule has 1 amide bonds. The Bertz CT molecular complexity index is 1650. The third-order valence-electron chi connectivity index (χ3n) is 5.67. The molecule has 1 aliphatic rings. The molecule has 1 aliphatic heterocycles. The summed E-state index contributed by atoms with van der Waals surface area (Å²) in [6, 6.07) is 17.7. The standard InChI is InChI=1S/C26H19BrIN3O4S/c1-14-21(24(32)30-16-6-4-3-5-7-16)22(15-8-10-17(34-2)11-9-15)31-25(33)20(36-26(31)29-14)13-18-12-19(27)23(28)35-18/h3-13,22H,1-2H3,(H,30,32)/b20-13+/t22-/m0/s1. The third kappa shape index (κ3) is 4.72. The van der Waals surface area contributed by atoms with E-state index in [4.69, 9.17) is 9.15 Å². The second-order valence-electron chi connectivity index (χ2n) is 7.95. The molecule has 0 spiro atoms. The summed E-state index contributed by atoms with van der Waals surface area (Å²) in [4.78, 5) is 32.4. The van der Waals surface area contributed by atoms with Crippen LogP contribution in [0.4, 0.5) is 5.69 Å². The van der Waals surface area contributed by atoms with Crippen molar-refractivity contribution in [3.63, 3.8) is 0 Å². The van der Waals surface area contributed by atoms with E-state index in [0.29, 0.717) is 41.6 Å². The van der Waals surface area contributed by atoms with Gasteiger partial charge in [0.05, 0.1) is 33.4 Å². The highest BCUT2D eigenvalue weighted by atomic mass is 127. The van der Waals surface area contributed by atoms with Gasteiger partial charge in [-0.3, -0.25) is 14.2 Å². The van der Waals surface area contributed by atoms with E-state index in [-0.39, 0.29) is 11.5 Å². The second kappa shape index (κ2) is 10.2. The summed E-state index contributed by atoms with van der Waals surface area (Å²) in [6.07, 6.45) is 1.70. The minimum absolute atomic E-state index is 0.250. The van der Waals surface area contributed by atoms with E-state index in [1.54, 1.807) is 24.7 Å². The Hall–Kier alpha value is -2.96. The fourth-order valence-corrected chi connectivity index (χ4v) is 5.74. The average molecular weight is 676 g/mol. The van der Waals surface area contributed by atoms with Gasteiger partial charge in [-0.15, -0.1) is 0 Å². The molecule has 1 atom stereocenters. The molecule has 4 aromatic rings. The van der Waals surface area contributed by atoms with Crippen LogP contribution < -0.4 is 24.9 Å². The van der Waals surface area contributed by atoms with Gasteiger partial charge in [0, 0.05) is 34.4 Å². The van der Waals surface area contributed by atoms with Crippen molar-refractivity contribution in [2.24, 2.45) is 4.99 Å². The number of allylic oxidation sites excluding steroid dienone is 1. The van der Waals surface area contributed by atoms with Crippen molar-refractivity contribution in [2.45, 2.75) is 13.0 Å². The van der Waals surface area contributed by atoms with Gasteiger partial charge < -0.3 is 14.5 Å². The molecule has 2 aromatic carbocycles. The molecule has 3 heterocycles. The number of ether oxygens (including phenoxy) is 1. The number of thiazole rings is 1. The molecule has 0 bridgehead atoms. The largest absolute Gasteiger partial charge is 0.497 e. The van der Waals surface area contributed by atoms with Gasteiger partial charge in [0.15, 0.2) is 8.57 Å². The first kappa shape index (κ1) is 24.7. The lowest BCUT2D eigenvalue weighted by Gasteiger charge is -2.25. The van der Waals surface area contributed by atoms with Crippen LogP contribution in [0.2, 0.25) is 0 Å². The van der Waals surface area contributed by atoms with Gasteiger partial charge in [-0.1, -0.05) is 41.7 Å². The number of hydrogen-bond donors (Lipinski definition) is 1. The van der Waals surface area contributed by atoms with Gasteiger partial charge in [0.1, 0.15) is 11.5 Å². The van der Waals surface area contributed by atoms with Crippen molar-refractivity contribution >= 4 is 67.5 Å². The predicted molar refractivity (Wildman–Crippen MR) is 151 cm³/mol. The number of nitrogens with one attached hydrogen (secondary N) is 1. The Morgan fingerprint density at radius 3 is 2.58 bits per heavy atom. The van der Waals surface area contributed by atoms with Crippen LogP contribution in [-0.4, -0.2) is 17.6 Å². The highest BCUT2D eigenvalue weighted by Crippen LogP contribution is 2.32. The minimum atomic E-state index is -0.665. The number of amides is 1. The number of hydrogen-bond acceptors (Lipinski definition) is 6. The lowest BCUT2D eigenvalue weighted by Crippen LogP contribution is -2.40. The molecule has 7 nitrogen and oxygen atoms in total. The van der Waals surface area contributed by atoms with Crippen molar-refractivity contribution in [3.05, 3.63) is 111 Å². The first-order chi connectivity index (χ1) is 17.4. The first-order valence-corrected chi connectivity index (χ1v) is 13.5. The zero-order valence-corrected chi connectivity index (χ0v) is 23.7. The third-order valence-corrected chi connectivity index (χ3v) is 8.78. The lowest BCUT2D eigenvalue weighted by atomic mass is 9.95. The quantitative estimate of drug-likeness (QED) is 0.307. The molecule has 0 radical (unpaired) electrons. The number of rotatable bonds is 5. The van der Waals surface area contributed by atoms with Gasteiger partial charge in [-0.05, 0) is 58.7 Å². The molecule has 0 aliphatic carbocycles. The minimum Gasteiger partial charge on any atom is -0.497 e. The Morgan fingerprint density at radius 1 is 1.22 bits per heavy atom. The lowest BCUT2D eigenvalue weighted by molar-refractivity contribution is -0.113. The molecule has 1 N–H and O–H groups in total. The van der Waals surface area contributed by atoms with E-state index in [2.05, 4.69) is 48.8 Å². The zero-order valence-electron chi connectivity index (χ0n) is 19.1. The number of furan rings is 1. The van der Waals surface area contributed by atoms with Crippen molar-refractivity contribution in [3.8, 4) is 5.75 Å². The van der Waals surface area contributed by atoms with E-state index in [1.807, 2.05) is 60.7 Å². The monoisotopic (exact) mass is 675 g/mol. The van der Waals surface area contributed by atoms with Gasteiger partial charge in [-0.25, -0.2) is 4.99 Å². The highest BCUT2D eigenvalue weighted by molar-refractivity contribution is 14.1. The normalized spacial score (nSPS) is 15.4. The van der Waals surface area contributed by atoms with Crippen molar-refractivity contribution in [2.75, 3.05) is 12.4 Å². The van der Waals surface area contributed by atoms with Gasteiger partial charge in [-0.2, -0.15) is 0 Å². The number of aromatic nitrogens is 1. The molecule has 10 heteroatoms. The fraction of sp³-hybridized carbons (Fsp3) is 0.115. The van der Waals surface area contributed by atoms with Crippen LogP contribution in [0, 0.1) is 3.77 Å². The summed E-state index contributed by atoms with van der Waals surface area (Å²) in [5, 5.41) is 2.95. The topological polar surface area (TPSA) is 85.8 Å².